The second-order valence-electron chi connectivity index (χ2n) is 6.22. The molecule has 2 rings (SSSR count). The van der Waals surface area contributed by atoms with Crippen molar-refractivity contribution in [3.05, 3.63) is 11.6 Å². The van der Waals surface area contributed by atoms with E-state index in [1.807, 2.05) is 0 Å². The van der Waals surface area contributed by atoms with Crippen LogP contribution in [-0.4, -0.2) is 11.7 Å². The fourth-order valence-corrected chi connectivity index (χ4v) is 3.53. The van der Waals surface area contributed by atoms with Crippen LogP contribution in [-0.2, 0) is 0 Å². The number of fused-ring (bicyclic) bond motifs is 2. The number of amides is 2. The second-order valence-corrected chi connectivity index (χ2v) is 6.22. The van der Waals surface area contributed by atoms with Crippen molar-refractivity contribution in [1.82, 2.24) is 5.43 Å². The van der Waals surface area contributed by atoms with Crippen molar-refractivity contribution < 1.29 is 4.79 Å². The van der Waals surface area contributed by atoms with E-state index in [-0.39, 0.29) is 10.8 Å². The van der Waals surface area contributed by atoms with Gasteiger partial charge in [-0.3, -0.25) is 0 Å². The third kappa shape index (κ3) is 1.74. The molecule has 2 aliphatic rings. The van der Waals surface area contributed by atoms with E-state index in [2.05, 4.69) is 44.3 Å². The summed E-state index contributed by atoms with van der Waals surface area (Å²) in [5.74, 6) is 0.552. The van der Waals surface area contributed by atoms with Crippen LogP contribution in [0.15, 0.2) is 16.8 Å². The highest BCUT2D eigenvalue weighted by molar-refractivity contribution is 6.01. The number of carbonyl (C=O) groups excluding carboxylic acids is 1. The van der Waals surface area contributed by atoms with Crippen LogP contribution in [0.25, 0.3) is 0 Å². The van der Waals surface area contributed by atoms with Crippen molar-refractivity contribution in [3.63, 3.8) is 0 Å². The maximum Gasteiger partial charge on any atom is 0.332 e. The van der Waals surface area contributed by atoms with Crippen LogP contribution in [0.5, 0.6) is 0 Å². The van der Waals surface area contributed by atoms with Gasteiger partial charge in [-0.1, -0.05) is 33.8 Å². The van der Waals surface area contributed by atoms with Gasteiger partial charge in [0.15, 0.2) is 0 Å². The Bertz CT molecular complexity index is 436. The van der Waals surface area contributed by atoms with Crippen molar-refractivity contribution in [1.29, 1.82) is 0 Å². The van der Waals surface area contributed by atoms with Crippen LogP contribution in [0.1, 0.15) is 47.0 Å². The monoisotopic (exact) mass is 249 g/mol. The summed E-state index contributed by atoms with van der Waals surface area (Å²) < 4.78 is 0. The Kier molecular flexibility index (Phi) is 2.99. The van der Waals surface area contributed by atoms with Gasteiger partial charge in [0.25, 0.3) is 0 Å². The zero-order valence-corrected chi connectivity index (χ0v) is 11.7. The fraction of sp³-hybridized carbons (Fsp3) is 0.714. The molecule has 0 aromatic rings. The number of hydrogen-bond donors (Lipinski definition) is 2. The Morgan fingerprint density at radius 2 is 2.22 bits per heavy atom. The molecular weight excluding hydrogens is 226 g/mol. The number of carbonyl (C=O) groups is 1. The lowest BCUT2D eigenvalue weighted by atomic mass is 9.70. The van der Waals surface area contributed by atoms with Gasteiger partial charge in [0.05, 0.1) is 5.71 Å². The van der Waals surface area contributed by atoms with E-state index in [0.29, 0.717) is 5.92 Å². The van der Waals surface area contributed by atoms with E-state index < -0.39 is 6.03 Å². The van der Waals surface area contributed by atoms with Crippen LogP contribution in [0.4, 0.5) is 4.79 Å². The Balaban J connectivity index is 2.30. The molecule has 0 radical (unpaired) electrons. The van der Waals surface area contributed by atoms with Gasteiger partial charge >= 0.3 is 6.03 Å². The molecule has 2 bridgehead atoms. The maximum absolute atomic E-state index is 10.8. The van der Waals surface area contributed by atoms with Crippen LogP contribution < -0.4 is 11.2 Å². The van der Waals surface area contributed by atoms with E-state index in [1.54, 1.807) is 0 Å². The third-order valence-electron chi connectivity index (χ3n) is 5.11. The van der Waals surface area contributed by atoms with Gasteiger partial charge in [-0.2, -0.15) is 5.10 Å². The number of urea groups is 1. The number of hydrazone groups is 1. The Hall–Kier alpha value is -1.32. The number of nitrogens with one attached hydrogen (secondary N) is 1. The molecule has 1 saturated carbocycles. The average molecular weight is 249 g/mol. The van der Waals surface area contributed by atoms with Gasteiger partial charge in [0, 0.05) is 0 Å². The first kappa shape index (κ1) is 13.1. The molecule has 0 aromatic heterocycles. The molecular formula is C14H23N3O. The van der Waals surface area contributed by atoms with E-state index in [9.17, 15) is 4.79 Å². The predicted molar refractivity (Wildman–Crippen MR) is 73.1 cm³/mol. The standard InChI is InChI=1S/C14H23N3O/c1-5-11(16-17-12(15)18)9-8-14(4)7-6-10(9)13(14,2)3/h8,10H,5-7H2,1-4H3,(H3,15,17,18)/b16-11+/t10-,14+/m1/s1. The Morgan fingerprint density at radius 3 is 2.61 bits per heavy atom. The quantitative estimate of drug-likeness (QED) is 0.586. The molecule has 0 heterocycles. The summed E-state index contributed by atoms with van der Waals surface area (Å²) in [5, 5.41) is 4.16. The first-order chi connectivity index (χ1) is 8.32. The van der Waals surface area contributed by atoms with E-state index in [1.165, 1.54) is 18.4 Å². The van der Waals surface area contributed by atoms with Crippen molar-refractivity contribution >= 4 is 11.7 Å². The number of rotatable bonds is 3. The van der Waals surface area contributed by atoms with E-state index in [4.69, 9.17) is 5.73 Å². The van der Waals surface area contributed by atoms with Crippen molar-refractivity contribution in [2.24, 2.45) is 27.6 Å². The molecule has 18 heavy (non-hydrogen) atoms. The molecule has 4 nitrogen and oxygen atoms in total. The van der Waals surface area contributed by atoms with Crippen molar-refractivity contribution in [3.8, 4) is 0 Å². The van der Waals surface area contributed by atoms with Gasteiger partial charge in [-0.05, 0) is 41.6 Å². The number of nitrogens with zero attached hydrogens (tertiary/aromatic N) is 1. The highest BCUT2D eigenvalue weighted by Gasteiger charge is 2.56. The summed E-state index contributed by atoms with van der Waals surface area (Å²) in [6, 6.07) is -0.602. The smallest absolute Gasteiger partial charge is 0.332 e. The number of allylic oxidation sites excluding steroid dienone is 2. The molecule has 4 heteroatoms. The van der Waals surface area contributed by atoms with Crippen LogP contribution in [0.3, 0.4) is 0 Å². The summed E-state index contributed by atoms with van der Waals surface area (Å²) in [7, 11) is 0. The molecule has 0 spiro atoms. The Labute approximate surface area is 109 Å². The molecule has 0 aliphatic heterocycles. The minimum absolute atomic E-state index is 0.260. The molecule has 100 valence electrons. The number of hydrogen-bond acceptors (Lipinski definition) is 2. The molecule has 3 N–H and O–H groups in total. The van der Waals surface area contributed by atoms with E-state index >= 15 is 0 Å². The fourth-order valence-electron chi connectivity index (χ4n) is 3.53. The van der Waals surface area contributed by atoms with Gasteiger partial charge in [-0.25, -0.2) is 10.2 Å². The largest absolute Gasteiger partial charge is 0.350 e. The lowest BCUT2D eigenvalue weighted by Gasteiger charge is -2.34. The molecule has 2 amide bonds. The predicted octanol–water partition coefficient (Wildman–Crippen LogP) is 2.80. The molecule has 0 unspecified atom stereocenters. The van der Waals surface area contributed by atoms with Gasteiger partial charge in [0.1, 0.15) is 0 Å². The summed E-state index contributed by atoms with van der Waals surface area (Å²) >= 11 is 0. The number of nitrogens with two attached hydrogens (primary N) is 1. The topological polar surface area (TPSA) is 67.5 Å². The molecule has 2 atom stereocenters. The zero-order chi connectivity index (χ0) is 13.6. The van der Waals surface area contributed by atoms with E-state index in [0.717, 1.165) is 12.1 Å². The zero-order valence-electron chi connectivity index (χ0n) is 11.7. The summed E-state index contributed by atoms with van der Waals surface area (Å²) in [6.45, 7) is 9.06. The minimum Gasteiger partial charge on any atom is -0.350 e. The van der Waals surface area contributed by atoms with Crippen LogP contribution in [0, 0.1) is 16.7 Å². The minimum atomic E-state index is -0.602. The average Bonchev–Trinajstić information content (AvgIpc) is 2.61. The first-order valence-electron chi connectivity index (χ1n) is 6.67. The van der Waals surface area contributed by atoms with Gasteiger partial charge < -0.3 is 5.73 Å². The maximum atomic E-state index is 10.8. The van der Waals surface area contributed by atoms with Crippen LogP contribution >= 0.6 is 0 Å². The summed E-state index contributed by atoms with van der Waals surface area (Å²) in [5.41, 5.74) is 10.3. The van der Waals surface area contributed by atoms with Crippen LogP contribution in [0.2, 0.25) is 0 Å². The molecule has 0 saturated heterocycles. The van der Waals surface area contributed by atoms with Crippen molar-refractivity contribution in [2.75, 3.05) is 0 Å². The highest BCUT2D eigenvalue weighted by atomic mass is 16.2. The van der Waals surface area contributed by atoms with Gasteiger partial charge in [0.2, 0.25) is 0 Å². The second kappa shape index (κ2) is 4.11. The SMILES string of the molecule is CC/C(=N\NC(N)=O)C1=C[C@]2(C)CC[C@H]1C2(C)C. The molecule has 1 fully saturated rings. The highest BCUT2D eigenvalue weighted by Crippen LogP contribution is 2.64. The van der Waals surface area contributed by atoms with Crippen molar-refractivity contribution in [2.45, 2.75) is 47.0 Å². The number of primary amides is 1. The first-order valence-corrected chi connectivity index (χ1v) is 6.67. The third-order valence-corrected chi connectivity index (χ3v) is 5.11. The summed E-state index contributed by atoms with van der Waals surface area (Å²) in [4.78, 5) is 10.8. The van der Waals surface area contributed by atoms with Gasteiger partial charge in [-0.15, -0.1) is 0 Å². The lowest BCUT2D eigenvalue weighted by Crippen LogP contribution is -2.29. The molecule has 0 aromatic carbocycles. The normalized spacial score (nSPS) is 33.4. The summed E-state index contributed by atoms with van der Waals surface area (Å²) in [6.07, 6.45) is 5.64. The lowest BCUT2D eigenvalue weighted by molar-refractivity contribution is 0.180. The molecule has 2 aliphatic carbocycles. The Morgan fingerprint density at radius 1 is 1.56 bits per heavy atom.